The summed E-state index contributed by atoms with van der Waals surface area (Å²) in [6.07, 6.45) is 2.69. The summed E-state index contributed by atoms with van der Waals surface area (Å²) in [5, 5.41) is 4.24. The Balaban J connectivity index is 1.77. The van der Waals surface area contributed by atoms with Crippen LogP contribution >= 0.6 is 0 Å². The average molecular weight is 334 g/mol. The third-order valence-corrected chi connectivity index (χ3v) is 6.13. The molecule has 0 bridgehead atoms. The molecule has 1 N–H and O–H groups in total. The number of hydrogen-bond acceptors (Lipinski definition) is 4. The molecule has 0 radical (unpaired) electrons. The summed E-state index contributed by atoms with van der Waals surface area (Å²) in [6.45, 7) is 2.06. The highest BCUT2D eigenvalue weighted by molar-refractivity contribution is 7.90. The van der Waals surface area contributed by atoms with E-state index in [0.717, 1.165) is 23.4 Å². The third-order valence-electron chi connectivity index (χ3n) is 4.30. The van der Waals surface area contributed by atoms with Gasteiger partial charge in [0.05, 0.1) is 10.9 Å². The Kier molecular flexibility index (Phi) is 4.52. The maximum Gasteiger partial charge on any atom is 0.215 e. The van der Waals surface area contributed by atoms with Gasteiger partial charge in [-0.1, -0.05) is 30.3 Å². The number of sulfonamides is 1. The van der Waals surface area contributed by atoms with Crippen molar-refractivity contribution in [2.45, 2.75) is 18.2 Å². The zero-order valence-electron chi connectivity index (χ0n) is 13.4. The molecule has 23 heavy (non-hydrogen) atoms. The highest BCUT2D eigenvalue weighted by Gasteiger charge is 2.32. The molecule has 0 amide bonds. The molecular weight excluding hydrogens is 312 g/mol. The van der Waals surface area contributed by atoms with E-state index >= 15 is 0 Å². The predicted octanol–water partition coefficient (Wildman–Crippen LogP) is 1.21. The summed E-state index contributed by atoms with van der Waals surface area (Å²) in [4.78, 5) is 2.18. The summed E-state index contributed by atoms with van der Waals surface area (Å²) in [5.41, 5.74) is 3.18. The van der Waals surface area contributed by atoms with Crippen molar-refractivity contribution in [3.8, 4) is 11.3 Å². The Bertz CT molecular complexity index is 771. The van der Waals surface area contributed by atoms with Gasteiger partial charge in [-0.25, -0.2) is 13.1 Å². The second-order valence-electron chi connectivity index (χ2n) is 5.94. The van der Waals surface area contributed by atoms with E-state index < -0.39 is 10.0 Å². The normalized spacial score (nSPS) is 19.3. The van der Waals surface area contributed by atoms with Crippen molar-refractivity contribution < 1.29 is 8.42 Å². The van der Waals surface area contributed by atoms with E-state index in [-0.39, 0.29) is 5.25 Å². The average Bonchev–Trinajstić information content (AvgIpc) is 3.16. The van der Waals surface area contributed by atoms with Crippen molar-refractivity contribution in [3.63, 3.8) is 0 Å². The third kappa shape index (κ3) is 3.46. The van der Waals surface area contributed by atoms with Crippen LogP contribution in [0.1, 0.15) is 12.0 Å². The molecule has 1 aromatic carbocycles. The molecule has 6 nitrogen and oxygen atoms in total. The molecule has 0 unspecified atom stereocenters. The lowest BCUT2D eigenvalue weighted by Crippen LogP contribution is -2.34. The van der Waals surface area contributed by atoms with Gasteiger partial charge in [-0.3, -0.25) is 9.58 Å². The molecule has 0 saturated carbocycles. The van der Waals surface area contributed by atoms with Crippen LogP contribution in [0.5, 0.6) is 0 Å². The molecule has 1 aliphatic heterocycles. The quantitative estimate of drug-likeness (QED) is 0.892. The van der Waals surface area contributed by atoms with Crippen molar-refractivity contribution in [2.75, 3.05) is 20.1 Å². The summed E-state index contributed by atoms with van der Waals surface area (Å²) in [6, 6.07) is 10.1. The zero-order chi connectivity index (χ0) is 16.4. The largest absolute Gasteiger partial charge is 0.298 e. The number of benzene rings is 1. The van der Waals surface area contributed by atoms with Crippen LogP contribution in [0, 0.1) is 0 Å². The SMILES string of the molecule is CNS(=O)(=O)[C@H]1CCN(Cc2cn(C)nc2-c2ccccc2)C1. The van der Waals surface area contributed by atoms with Crippen molar-refractivity contribution >= 4 is 10.0 Å². The number of likely N-dealkylation sites (tertiary alicyclic amines) is 1. The smallest absolute Gasteiger partial charge is 0.215 e. The van der Waals surface area contributed by atoms with Crippen LogP contribution in [0.2, 0.25) is 0 Å². The lowest BCUT2D eigenvalue weighted by molar-refractivity contribution is 0.331. The molecule has 1 saturated heterocycles. The van der Waals surface area contributed by atoms with Gasteiger partial charge in [0.25, 0.3) is 0 Å². The van der Waals surface area contributed by atoms with Gasteiger partial charge in [0.2, 0.25) is 10.0 Å². The van der Waals surface area contributed by atoms with Crippen LogP contribution in [-0.2, 0) is 23.6 Å². The van der Waals surface area contributed by atoms with Crippen LogP contribution in [0.15, 0.2) is 36.5 Å². The topological polar surface area (TPSA) is 67.2 Å². The van der Waals surface area contributed by atoms with Crippen molar-refractivity contribution in [3.05, 3.63) is 42.1 Å². The van der Waals surface area contributed by atoms with Gasteiger partial charge in [0.15, 0.2) is 0 Å². The van der Waals surface area contributed by atoms with Crippen molar-refractivity contribution in [2.24, 2.45) is 7.05 Å². The van der Waals surface area contributed by atoms with Gasteiger partial charge in [-0.2, -0.15) is 5.10 Å². The molecule has 2 aromatic rings. The first-order valence-electron chi connectivity index (χ1n) is 7.72. The number of rotatable bonds is 5. The van der Waals surface area contributed by atoms with E-state index in [4.69, 9.17) is 0 Å². The Morgan fingerprint density at radius 3 is 2.74 bits per heavy atom. The number of nitrogens with one attached hydrogen (secondary N) is 1. The zero-order valence-corrected chi connectivity index (χ0v) is 14.3. The van der Waals surface area contributed by atoms with Gasteiger partial charge in [0, 0.05) is 37.5 Å². The molecule has 0 spiro atoms. The number of aromatic nitrogens is 2. The van der Waals surface area contributed by atoms with E-state index in [2.05, 4.69) is 14.7 Å². The highest BCUT2D eigenvalue weighted by Crippen LogP contribution is 2.25. The number of aryl methyl sites for hydroxylation is 1. The molecule has 3 rings (SSSR count). The Morgan fingerprint density at radius 1 is 1.30 bits per heavy atom. The fourth-order valence-corrected chi connectivity index (χ4v) is 4.25. The van der Waals surface area contributed by atoms with Gasteiger partial charge in [0.1, 0.15) is 0 Å². The minimum absolute atomic E-state index is 0.329. The maximum atomic E-state index is 11.9. The van der Waals surface area contributed by atoms with E-state index in [1.54, 1.807) is 0 Å². The van der Waals surface area contributed by atoms with E-state index in [9.17, 15) is 8.42 Å². The Hall–Kier alpha value is -1.70. The second-order valence-corrected chi connectivity index (χ2v) is 8.10. The Labute approximate surface area is 137 Å². The van der Waals surface area contributed by atoms with Crippen LogP contribution in [0.25, 0.3) is 11.3 Å². The van der Waals surface area contributed by atoms with Gasteiger partial charge < -0.3 is 0 Å². The molecule has 1 fully saturated rings. The minimum Gasteiger partial charge on any atom is -0.298 e. The first-order chi connectivity index (χ1) is 11.0. The maximum absolute atomic E-state index is 11.9. The van der Waals surface area contributed by atoms with Gasteiger partial charge in [-0.15, -0.1) is 0 Å². The first-order valence-corrected chi connectivity index (χ1v) is 9.27. The summed E-state index contributed by atoms with van der Waals surface area (Å²) in [7, 11) is 0.197. The van der Waals surface area contributed by atoms with Crippen LogP contribution in [-0.4, -0.2) is 48.5 Å². The van der Waals surface area contributed by atoms with E-state index in [1.807, 2.05) is 48.3 Å². The Morgan fingerprint density at radius 2 is 2.04 bits per heavy atom. The molecular formula is C16H22N4O2S. The van der Waals surface area contributed by atoms with Crippen LogP contribution in [0.3, 0.4) is 0 Å². The lowest BCUT2D eigenvalue weighted by Gasteiger charge is -2.16. The molecule has 1 aliphatic rings. The molecule has 124 valence electrons. The fourth-order valence-electron chi connectivity index (χ4n) is 3.09. The van der Waals surface area contributed by atoms with Crippen molar-refractivity contribution in [1.29, 1.82) is 0 Å². The number of nitrogens with zero attached hydrogens (tertiary/aromatic N) is 3. The predicted molar refractivity (Wildman–Crippen MR) is 90.3 cm³/mol. The lowest BCUT2D eigenvalue weighted by atomic mass is 10.1. The second kappa shape index (κ2) is 6.43. The van der Waals surface area contributed by atoms with Crippen LogP contribution in [0.4, 0.5) is 0 Å². The summed E-state index contributed by atoms with van der Waals surface area (Å²) in [5.74, 6) is 0. The van der Waals surface area contributed by atoms with Crippen LogP contribution < -0.4 is 4.72 Å². The minimum atomic E-state index is -3.19. The molecule has 7 heteroatoms. The van der Waals surface area contributed by atoms with Gasteiger partial charge in [-0.05, 0) is 20.0 Å². The van der Waals surface area contributed by atoms with E-state index in [0.29, 0.717) is 19.5 Å². The van der Waals surface area contributed by atoms with Gasteiger partial charge >= 0.3 is 0 Å². The number of hydrogen-bond donors (Lipinski definition) is 1. The summed E-state index contributed by atoms with van der Waals surface area (Å²) >= 11 is 0. The monoisotopic (exact) mass is 334 g/mol. The standard InChI is InChI=1S/C16H22N4O2S/c1-17-23(21,22)15-8-9-20(12-15)11-14-10-19(2)18-16(14)13-6-4-3-5-7-13/h3-7,10,15,17H,8-9,11-12H2,1-2H3/t15-/m0/s1. The summed E-state index contributed by atoms with van der Waals surface area (Å²) < 4.78 is 28.1. The molecule has 1 atom stereocenters. The molecule has 1 aromatic heterocycles. The fraction of sp³-hybridized carbons (Fsp3) is 0.438. The highest BCUT2D eigenvalue weighted by atomic mass is 32.2. The van der Waals surface area contributed by atoms with E-state index in [1.165, 1.54) is 7.05 Å². The van der Waals surface area contributed by atoms with Crippen molar-refractivity contribution in [1.82, 2.24) is 19.4 Å². The molecule has 2 heterocycles. The first kappa shape index (κ1) is 16.2. The molecule has 0 aliphatic carbocycles.